The minimum Gasteiger partial charge on any atom is -0.490 e. The van der Waals surface area contributed by atoms with E-state index in [9.17, 15) is 4.79 Å². The smallest absolute Gasteiger partial charge is 0.234 e. The van der Waals surface area contributed by atoms with Crippen LogP contribution in [-0.2, 0) is 4.79 Å². The van der Waals surface area contributed by atoms with E-state index < -0.39 is 0 Å². The Kier molecular flexibility index (Phi) is 5.34. The van der Waals surface area contributed by atoms with Crippen LogP contribution >= 0.6 is 0 Å². The number of nitrogens with zero attached hydrogens (tertiary/aromatic N) is 1. The van der Waals surface area contributed by atoms with Crippen molar-refractivity contribution in [2.45, 2.75) is 39.7 Å². The molecule has 1 atom stereocenters. The third-order valence-electron chi connectivity index (χ3n) is 2.85. The van der Waals surface area contributed by atoms with Crippen molar-refractivity contribution in [1.82, 2.24) is 5.43 Å². The van der Waals surface area contributed by atoms with Crippen LogP contribution in [0.25, 0.3) is 0 Å². The molecular formula is C14H19N3O2. The highest BCUT2D eigenvalue weighted by atomic mass is 16.5. The van der Waals surface area contributed by atoms with E-state index in [4.69, 9.17) is 15.8 Å². The topological polar surface area (TPSA) is 88.1 Å². The van der Waals surface area contributed by atoms with Gasteiger partial charge >= 0.3 is 0 Å². The number of hydrogen-bond donors (Lipinski definition) is 2. The minimum atomic E-state index is -0.205. The predicted molar refractivity (Wildman–Crippen MR) is 72.3 cm³/mol. The van der Waals surface area contributed by atoms with E-state index in [0.717, 1.165) is 16.9 Å². The van der Waals surface area contributed by atoms with Crippen LogP contribution in [0.1, 0.15) is 36.5 Å². The number of nitrogens with two attached hydrogens (primary N) is 1. The maximum atomic E-state index is 11.1. The Morgan fingerprint density at radius 2 is 2.05 bits per heavy atom. The highest BCUT2D eigenvalue weighted by Crippen LogP contribution is 2.26. The van der Waals surface area contributed by atoms with Gasteiger partial charge in [-0.2, -0.15) is 5.26 Å². The van der Waals surface area contributed by atoms with Gasteiger partial charge in [-0.05, 0) is 50.5 Å². The third kappa shape index (κ3) is 4.27. The van der Waals surface area contributed by atoms with Crippen molar-refractivity contribution in [1.29, 1.82) is 5.26 Å². The summed E-state index contributed by atoms with van der Waals surface area (Å²) in [6.07, 6.45) is 0.816. The minimum absolute atomic E-state index is 0.0948. The number of benzene rings is 1. The Bertz CT molecular complexity index is 483. The molecule has 0 radical (unpaired) electrons. The van der Waals surface area contributed by atoms with E-state index in [-0.39, 0.29) is 12.0 Å². The summed E-state index contributed by atoms with van der Waals surface area (Å²) in [5, 5.41) is 8.88. The molecule has 0 fully saturated rings. The Balaban J connectivity index is 2.72. The predicted octanol–water partition coefficient (Wildman–Crippen LogP) is 1.71. The molecule has 0 bridgehead atoms. The summed E-state index contributed by atoms with van der Waals surface area (Å²) in [5.41, 5.74) is 4.56. The normalized spacial score (nSPS) is 11.5. The molecular weight excluding hydrogens is 242 g/mol. The van der Waals surface area contributed by atoms with E-state index in [1.807, 2.05) is 20.8 Å². The summed E-state index contributed by atoms with van der Waals surface area (Å²) in [5.74, 6) is 5.59. The first-order valence-corrected chi connectivity index (χ1v) is 6.15. The summed E-state index contributed by atoms with van der Waals surface area (Å²) in [6.45, 7) is 5.71. The van der Waals surface area contributed by atoms with Gasteiger partial charge in [0.15, 0.2) is 0 Å². The molecule has 1 rings (SSSR count). The van der Waals surface area contributed by atoms with Crippen molar-refractivity contribution < 1.29 is 9.53 Å². The zero-order valence-electron chi connectivity index (χ0n) is 11.5. The number of nitriles is 1. The number of ether oxygens (including phenoxy) is 1. The monoisotopic (exact) mass is 261 g/mol. The maximum Gasteiger partial charge on any atom is 0.234 e. The van der Waals surface area contributed by atoms with E-state index in [0.29, 0.717) is 18.4 Å². The van der Waals surface area contributed by atoms with Gasteiger partial charge in [0, 0.05) is 6.42 Å². The average molecular weight is 261 g/mol. The zero-order valence-corrected chi connectivity index (χ0v) is 11.5. The summed E-state index contributed by atoms with van der Waals surface area (Å²) < 4.78 is 5.84. The molecule has 5 heteroatoms. The molecule has 1 aromatic carbocycles. The molecule has 3 N–H and O–H groups in total. The lowest BCUT2D eigenvalue weighted by atomic mass is 10.1. The van der Waals surface area contributed by atoms with Gasteiger partial charge in [0.1, 0.15) is 5.75 Å². The Morgan fingerprint density at radius 3 is 2.53 bits per heavy atom. The van der Waals surface area contributed by atoms with Gasteiger partial charge in [-0.1, -0.05) is 0 Å². The average Bonchev–Trinajstić information content (AvgIpc) is 2.39. The first-order valence-electron chi connectivity index (χ1n) is 6.15. The molecule has 19 heavy (non-hydrogen) atoms. The number of nitrogens with one attached hydrogen (secondary N) is 1. The second-order valence-corrected chi connectivity index (χ2v) is 4.59. The number of rotatable bonds is 5. The van der Waals surface area contributed by atoms with Crippen LogP contribution in [0, 0.1) is 25.2 Å². The van der Waals surface area contributed by atoms with Gasteiger partial charge in [-0.25, -0.2) is 5.84 Å². The van der Waals surface area contributed by atoms with Gasteiger partial charge in [0.25, 0.3) is 0 Å². The van der Waals surface area contributed by atoms with Crippen molar-refractivity contribution in [2.24, 2.45) is 5.84 Å². The molecule has 0 heterocycles. The van der Waals surface area contributed by atoms with Crippen molar-refractivity contribution in [3.8, 4) is 11.8 Å². The molecule has 0 saturated heterocycles. The van der Waals surface area contributed by atoms with Gasteiger partial charge in [0.05, 0.1) is 17.7 Å². The van der Waals surface area contributed by atoms with Crippen LogP contribution in [-0.4, -0.2) is 12.0 Å². The first-order chi connectivity index (χ1) is 8.97. The molecule has 0 aliphatic heterocycles. The van der Waals surface area contributed by atoms with Gasteiger partial charge < -0.3 is 4.74 Å². The largest absolute Gasteiger partial charge is 0.490 e. The Morgan fingerprint density at radius 1 is 1.47 bits per heavy atom. The zero-order chi connectivity index (χ0) is 14.4. The fraction of sp³-hybridized carbons (Fsp3) is 0.429. The van der Waals surface area contributed by atoms with E-state index in [1.165, 1.54) is 0 Å². The molecule has 0 aliphatic rings. The number of carbonyl (C=O) groups excluding carboxylic acids is 1. The maximum absolute atomic E-state index is 11.1. The Labute approximate surface area is 113 Å². The molecule has 5 nitrogen and oxygen atoms in total. The van der Waals surface area contributed by atoms with Crippen LogP contribution < -0.4 is 16.0 Å². The lowest BCUT2D eigenvalue weighted by Crippen LogP contribution is -2.30. The van der Waals surface area contributed by atoms with Gasteiger partial charge in [-0.3, -0.25) is 10.2 Å². The molecule has 0 spiro atoms. The molecule has 1 aromatic rings. The lowest BCUT2D eigenvalue weighted by Gasteiger charge is -2.18. The standard InChI is InChI=1S/C14H19N3O2/c1-9-6-12(8-15)7-10(2)14(9)19-11(3)4-5-13(18)17-16/h6-7,11H,4-5,16H2,1-3H3,(H,17,18). The van der Waals surface area contributed by atoms with Gasteiger partial charge in [0.2, 0.25) is 5.91 Å². The lowest BCUT2D eigenvalue weighted by molar-refractivity contribution is -0.121. The van der Waals surface area contributed by atoms with Crippen LogP contribution in [0.3, 0.4) is 0 Å². The number of carbonyl (C=O) groups is 1. The molecule has 1 unspecified atom stereocenters. The molecule has 102 valence electrons. The number of hydrazine groups is 1. The highest BCUT2D eigenvalue weighted by molar-refractivity contribution is 5.75. The molecule has 0 aliphatic carbocycles. The number of hydrogen-bond acceptors (Lipinski definition) is 4. The second-order valence-electron chi connectivity index (χ2n) is 4.59. The van der Waals surface area contributed by atoms with Crippen molar-refractivity contribution >= 4 is 5.91 Å². The number of aryl methyl sites for hydroxylation is 2. The summed E-state index contributed by atoms with van der Waals surface area (Å²) in [7, 11) is 0. The van der Waals surface area contributed by atoms with Crippen LogP contribution in [0.5, 0.6) is 5.75 Å². The van der Waals surface area contributed by atoms with Crippen LogP contribution in [0.2, 0.25) is 0 Å². The van der Waals surface area contributed by atoms with E-state index in [2.05, 4.69) is 11.5 Å². The fourth-order valence-electron chi connectivity index (χ4n) is 1.87. The van der Waals surface area contributed by atoms with Crippen LogP contribution in [0.15, 0.2) is 12.1 Å². The summed E-state index contributed by atoms with van der Waals surface area (Å²) in [6, 6.07) is 5.70. The van der Waals surface area contributed by atoms with E-state index in [1.54, 1.807) is 12.1 Å². The first kappa shape index (κ1) is 15.0. The second kappa shape index (κ2) is 6.76. The van der Waals surface area contributed by atoms with Crippen molar-refractivity contribution in [3.05, 3.63) is 28.8 Å². The van der Waals surface area contributed by atoms with Crippen molar-refractivity contribution in [2.75, 3.05) is 0 Å². The van der Waals surface area contributed by atoms with E-state index >= 15 is 0 Å². The molecule has 0 aromatic heterocycles. The highest BCUT2D eigenvalue weighted by Gasteiger charge is 2.12. The van der Waals surface area contributed by atoms with Gasteiger partial charge in [-0.15, -0.1) is 0 Å². The Hall–Kier alpha value is -2.06. The molecule has 1 amide bonds. The van der Waals surface area contributed by atoms with Crippen molar-refractivity contribution in [3.63, 3.8) is 0 Å². The summed E-state index contributed by atoms with van der Waals surface area (Å²) in [4.78, 5) is 11.1. The third-order valence-corrected chi connectivity index (χ3v) is 2.85. The number of amides is 1. The molecule has 0 saturated carbocycles. The van der Waals surface area contributed by atoms with Crippen LogP contribution in [0.4, 0.5) is 0 Å². The quantitative estimate of drug-likeness (QED) is 0.480. The SMILES string of the molecule is Cc1cc(C#N)cc(C)c1OC(C)CCC(=O)NN. The summed E-state index contributed by atoms with van der Waals surface area (Å²) >= 11 is 0. The fourth-order valence-corrected chi connectivity index (χ4v) is 1.87.